The van der Waals surface area contributed by atoms with E-state index in [1.165, 1.54) is 0 Å². The van der Waals surface area contributed by atoms with Gasteiger partial charge < -0.3 is 5.11 Å². The van der Waals surface area contributed by atoms with Crippen LogP contribution in [0.5, 0.6) is 5.75 Å². The van der Waals surface area contributed by atoms with Gasteiger partial charge in [-0.25, -0.2) is 0 Å². The molecule has 0 saturated heterocycles. The van der Waals surface area contributed by atoms with Gasteiger partial charge in [0, 0.05) is 5.56 Å². The Morgan fingerprint density at radius 1 is 1.29 bits per heavy atom. The number of phenolic OH excluding ortho intramolecular Hbond substituents is 1. The van der Waals surface area contributed by atoms with E-state index in [9.17, 15) is 10.0 Å². The van der Waals surface area contributed by atoms with Crippen molar-refractivity contribution in [1.29, 1.82) is 0 Å². The Bertz CT molecular complexity index is 364. The Morgan fingerprint density at radius 2 is 1.86 bits per heavy atom. The summed E-state index contributed by atoms with van der Waals surface area (Å²) in [6.07, 6.45) is 0. The Hall–Kier alpha value is -1.38. The SMILES string of the molecule is Cc1cc(N=O)c(O)c(C(C)(C)C)c1. The highest BCUT2D eigenvalue weighted by Crippen LogP contribution is 2.38. The number of nitrogens with zero attached hydrogens (tertiary/aromatic N) is 1. The summed E-state index contributed by atoms with van der Waals surface area (Å²) in [5.41, 5.74) is 1.62. The molecule has 76 valence electrons. The lowest BCUT2D eigenvalue weighted by Gasteiger charge is -2.21. The predicted molar refractivity (Wildman–Crippen MR) is 57.0 cm³/mol. The molecule has 0 amide bonds. The molecular weight excluding hydrogens is 178 g/mol. The van der Waals surface area contributed by atoms with Crippen molar-refractivity contribution in [2.24, 2.45) is 5.18 Å². The highest BCUT2D eigenvalue weighted by Gasteiger charge is 2.20. The molecule has 0 heterocycles. The first-order chi connectivity index (χ1) is 6.36. The summed E-state index contributed by atoms with van der Waals surface area (Å²) in [5.74, 6) is -0.00176. The van der Waals surface area contributed by atoms with Crippen molar-refractivity contribution in [3.05, 3.63) is 28.2 Å². The molecule has 1 aromatic carbocycles. The van der Waals surface area contributed by atoms with Crippen molar-refractivity contribution < 1.29 is 5.11 Å². The minimum absolute atomic E-state index is 0.00176. The standard InChI is InChI=1S/C11H15NO2/c1-7-5-8(11(2,3)4)10(13)9(6-7)12-14/h5-6,13H,1-4H3. The third-order valence-electron chi connectivity index (χ3n) is 2.14. The Morgan fingerprint density at radius 3 is 2.29 bits per heavy atom. The summed E-state index contributed by atoms with van der Waals surface area (Å²) in [6.45, 7) is 7.82. The van der Waals surface area contributed by atoms with Gasteiger partial charge in [-0.1, -0.05) is 26.8 Å². The minimum atomic E-state index is -0.185. The molecule has 1 aromatic rings. The van der Waals surface area contributed by atoms with Crippen LogP contribution < -0.4 is 0 Å². The predicted octanol–water partition coefficient (Wildman–Crippen LogP) is 3.40. The molecule has 3 heteroatoms. The van der Waals surface area contributed by atoms with Gasteiger partial charge in [-0.05, 0) is 29.1 Å². The van der Waals surface area contributed by atoms with Gasteiger partial charge in [0.05, 0.1) is 0 Å². The fraction of sp³-hybridized carbons (Fsp3) is 0.455. The van der Waals surface area contributed by atoms with Crippen molar-refractivity contribution in [2.75, 3.05) is 0 Å². The van der Waals surface area contributed by atoms with Crippen LogP contribution in [-0.4, -0.2) is 5.11 Å². The average molecular weight is 193 g/mol. The first-order valence-corrected chi connectivity index (χ1v) is 4.53. The zero-order valence-electron chi connectivity index (χ0n) is 8.96. The molecule has 0 aliphatic heterocycles. The van der Waals surface area contributed by atoms with Crippen LogP contribution in [0.1, 0.15) is 31.9 Å². The molecular formula is C11H15NO2. The lowest BCUT2D eigenvalue weighted by atomic mass is 9.85. The van der Waals surface area contributed by atoms with Crippen LogP contribution in [0.25, 0.3) is 0 Å². The maximum Gasteiger partial charge on any atom is 0.150 e. The number of benzene rings is 1. The van der Waals surface area contributed by atoms with Crippen LogP contribution in [0.4, 0.5) is 5.69 Å². The Balaban J connectivity index is 3.44. The van der Waals surface area contributed by atoms with Crippen LogP contribution in [0.2, 0.25) is 0 Å². The number of hydrogen-bond donors (Lipinski definition) is 1. The van der Waals surface area contributed by atoms with Gasteiger partial charge in [-0.15, -0.1) is 4.91 Å². The van der Waals surface area contributed by atoms with Gasteiger partial charge >= 0.3 is 0 Å². The molecule has 0 radical (unpaired) electrons. The minimum Gasteiger partial charge on any atom is -0.505 e. The van der Waals surface area contributed by atoms with Gasteiger partial charge in [0.2, 0.25) is 0 Å². The number of rotatable bonds is 1. The summed E-state index contributed by atoms with van der Waals surface area (Å²) in [7, 11) is 0. The molecule has 0 saturated carbocycles. The van der Waals surface area contributed by atoms with Crippen LogP contribution in [-0.2, 0) is 5.41 Å². The van der Waals surface area contributed by atoms with Gasteiger partial charge in [0.15, 0.2) is 0 Å². The zero-order valence-corrected chi connectivity index (χ0v) is 8.96. The lowest BCUT2D eigenvalue weighted by Crippen LogP contribution is -2.11. The van der Waals surface area contributed by atoms with Crippen LogP contribution >= 0.6 is 0 Å². The molecule has 14 heavy (non-hydrogen) atoms. The highest BCUT2D eigenvalue weighted by molar-refractivity contribution is 5.58. The van der Waals surface area contributed by atoms with Crippen molar-refractivity contribution in [1.82, 2.24) is 0 Å². The van der Waals surface area contributed by atoms with Crippen LogP contribution in [0.3, 0.4) is 0 Å². The maximum atomic E-state index is 10.4. The molecule has 0 bridgehead atoms. The fourth-order valence-corrected chi connectivity index (χ4v) is 1.40. The summed E-state index contributed by atoms with van der Waals surface area (Å²) in [5, 5.41) is 12.6. The molecule has 1 N–H and O–H groups in total. The van der Waals surface area contributed by atoms with Crippen molar-refractivity contribution in [3.8, 4) is 5.75 Å². The second-order valence-corrected chi connectivity index (χ2v) is 4.52. The van der Waals surface area contributed by atoms with Gasteiger partial charge in [0.25, 0.3) is 0 Å². The second-order valence-electron chi connectivity index (χ2n) is 4.52. The molecule has 0 fully saturated rings. The molecule has 0 aliphatic carbocycles. The molecule has 0 unspecified atom stereocenters. The number of nitroso groups, excluding NO2 is 1. The number of aryl methyl sites for hydroxylation is 1. The van der Waals surface area contributed by atoms with Gasteiger partial charge in [-0.3, -0.25) is 0 Å². The third kappa shape index (κ3) is 1.92. The molecule has 0 aliphatic rings. The van der Waals surface area contributed by atoms with E-state index < -0.39 is 0 Å². The highest BCUT2D eigenvalue weighted by atomic mass is 16.3. The summed E-state index contributed by atoms with van der Waals surface area (Å²) in [6, 6.07) is 3.46. The lowest BCUT2D eigenvalue weighted by molar-refractivity contribution is 0.448. The monoisotopic (exact) mass is 193 g/mol. The van der Waals surface area contributed by atoms with E-state index in [0.29, 0.717) is 0 Å². The average Bonchev–Trinajstić information content (AvgIpc) is 2.06. The maximum absolute atomic E-state index is 10.4. The van der Waals surface area contributed by atoms with E-state index in [1.807, 2.05) is 33.8 Å². The van der Waals surface area contributed by atoms with Crippen LogP contribution in [0.15, 0.2) is 17.3 Å². The first kappa shape index (κ1) is 10.7. The molecule has 0 aromatic heterocycles. The summed E-state index contributed by atoms with van der Waals surface area (Å²) < 4.78 is 0. The van der Waals surface area contributed by atoms with E-state index in [1.54, 1.807) is 6.07 Å². The molecule has 1 rings (SSSR count). The topological polar surface area (TPSA) is 49.7 Å². The van der Waals surface area contributed by atoms with Crippen molar-refractivity contribution in [2.45, 2.75) is 33.1 Å². The molecule has 0 spiro atoms. The molecule has 3 nitrogen and oxygen atoms in total. The quantitative estimate of drug-likeness (QED) is 0.695. The Labute approximate surface area is 83.7 Å². The largest absolute Gasteiger partial charge is 0.505 e. The first-order valence-electron chi connectivity index (χ1n) is 4.53. The number of phenols is 1. The Kier molecular flexibility index (Phi) is 2.60. The van der Waals surface area contributed by atoms with Crippen LogP contribution in [0, 0.1) is 11.8 Å². The smallest absolute Gasteiger partial charge is 0.150 e. The summed E-state index contributed by atoms with van der Waals surface area (Å²) >= 11 is 0. The van der Waals surface area contributed by atoms with Crippen molar-refractivity contribution >= 4 is 5.69 Å². The normalized spacial score (nSPS) is 11.4. The molecule has 0 atom stereocenters. The van der Waals surface area contributed by atoms with E-state index >= 15 is 0 Å². The van der Waals surface area contributed by atoms with E-state index in [4.69, 9.17) is 0 Å². The van der Waals surface area contributed by atoms with Gasteiger partial charge in [-0.2, -0.15) is 0 Å². The van der Waals surface area contributed by atoms with Gasteiger partial charge in [0.1, 0.15) is 11.4 Å². The number of aromatic hydroxyl groups is 1. The van der Waals surface area contributed by atoms with E-state index in [2.05, 4.69) is 5.18 Å². The summed E-state index contributed by atoms with van der Waals surface area (Å²) in [4.78, 5) is 10.4. The fourth-order valence-electron chi connectivity index (χ4n) is 1.40. The third-order valence-corrected chi connectivity index (χ3v) is 2.14. The zero-order chi connectivity index (χ0) is 10.9. The van der Waals surface area contributed by atoms with E-state index in [-0.39, 0.29) is 16.9 Å². The van der Waals surface area contributed by atoms with E-state index in [0.717, 1.165) is 11.1 Å². The van der Waals surface area contributed by atoms with Crippen molar-refractivity contribution in [3.63, 3.8) is 0 Å². The number of hydrogen-bond acceptors (Lipinski definition) is 3. The second kappa shape index (κ2) is 3.40.